The van der Waals surface area contributed by atoms with Crippen molar-refractivity contribution in [2.24, 2.45) is 0 Å². The van der Waals surface area contributed by atoms with Crippen molar-refractivity contribution in [3.63, 3.8) is 0 Å². The highest BCUT2D eigenvalue weighted by molar-refractivity contribution is 5.25. The first-order chi connectivity index (χ1) is 10.3. The lowest BCUT2D eigenvalue weighted by Gasteiger charge is -2.37. The standard InChI is InChI=1S/C16H27N5/c1-19-8-10-20(11-9-19)21-15-6-7-17-12-14(15)18-16(21)13-4-2-3-5-13/h13,17H,2-12H2,1H3. The van der Waals surface area contributed by atoms with Gasteiger partial charge in [0.1, 0.15) is 5.82 Å². The summed E-state index contributed by atoms with van der Waals surface area (Å²) in [6.07, 6.45) is 6.54. The van der Waals surface area contributed by atoms with Crippen molar-refractivity contribution in [1.82, 2.24) is 19.9 Å². The minimum atomic E-state index is 0.690. The highest BCUT2D eigenvalue weighted by Crippen LogP contribution is 2.35. The summed E-state index contributed by atoms with van der Waals surface area (Å²) in [5.74, 6) is 2.06. The maximum Gasteiger partial charge on any atom is 0.131 e. The first-order valence-electron chi connectivity index (χ1n) is 8.58. The molecule has 5 heteroatoms. The Morgan fingerprint density at radius 3 is 2.62 bits per heavy atom. The predicted molar refractivity (Wildman–Crippen MR) is 84.3 cm³/mol. The maximum atomic E-state index is 5.07. The molecule has 116 valence electrons. The molecular weight excluding hydrogens is 262 g/mol. The molecule has 21 heavy (non-hydrogen) atoms. The Labute approximate surface area is 127 Å². The molecule has 3 heterocycles. The molecule has 0 unspecified atom stereocenters. The predicted octanol–water partition coefficient (Wildman–Crippen LogP) is 1.07. The molecule has 0 aromatic carbocycles. The molecule has 4 rings (SSSR count). The van der Waals surface area contributed by atoms with E-state index in [-0.39, 0.29) is 0 Å². The van der Waals surface area contributed by atoms with Crippen molar-refractivity contribution in [1.29, 1.82) is 0 Å². The summed E-state index contributed by atoms with van der Waals surface area (Å²) < 4.78 is 2.54. The van der Waals surface area contributed by atoms with Crippen molar-refractivity contribution in [2.75, 3.05) is 44.8 Å². The molecule has 0 bridgehead atoms. The highest BCUT2D eigenvalue weighted by atomic mass is 15.6. The summed E-state index contributed by atoms with van der Waals surface area (Å²) in [4.78, 5) is 7.50. The van der Waals surface area contributed by atoms with Crippen LogP contribution in [0.1, 0.15) is 48.8 Å². The molecular formula is C16H27N5. The third-order valence-corrected chi connectivity index (χ3v) is 5.37. The number of rotatable bonds is 2. The van der Waals surface area contributed by atoms with Gasteiger partial charge in [0, 0.05) is 51.6 Å². The van der Waals surface area contributed by atoms with Crippen LogP contribution in [0.2, 0.25) is 0 Å². The molecule has 1 aromatic rings. The molecule has 0 radical (unpaired) electrons. The summed E-state index contributed by atoms with van der Waals surface area (Å²) in [7, 11) is 2.22. The molecule has 0 atom stereocenters. The number of imidazole rings is 1. The average Bonchev–Trinajstić information content (AvgIpc) is 3.15. The van der Waals surface area contributed by atoms with Gasteiger partial charge in [0.25, 0.3) is 0 Å². The van der Waals surface area contributed by atoms with Crippen molar-refractivity contribution < 1.29 is 0 Å². The summed E-state index contributed by atoms with van der Waals surface area (Å²) in [6, 6.07) is 0. The maximum absolute atomic E-state index is 5.07. The average molecular weight is 289 g/mol. The van der Waals surface area contributed by atoms with Crippen LogP contribution in [-0.2, 0) is 13.0 Å². The zero-order chi connectivity index (χ0) is 14.2. The molecule has 1 N–H and O–H groups in total. The van der Waals surface area contributed by atoms with Crippen LogP contribution >= 0.6 is 0 Å². The number of likely N-dealkylation sites (N-methyl/N-ethyl adjacent to an activating group) is 1. The lowest BCUT2D eigenvalue weighted by molar-refractivity contribution is 0.282. The van der Waals surface area contributed by atoms with Gasteiger partial charge in [0.05, 0.1) is 11.4 Å². The van der Waals surface area contributed by atoms with Crippen LogP contribution in [0.5, 0.6) is 0 Å². The van der Waals surface area contributed by atoms with Crippen LogP contribution < -0.4 is 10.3 Å². The summed E-state index contributed by atoms with van der Waals surface area (Å²) >= 11 is 0. The van der Waals surface area contributed by atoms with E-state index in [0.717, 1.165) is 45.7 Å². The van der Waals surface area contributed by atoms with Gasteiger partial charge in [-0.15, -0.1) is 0 Å². The molecule has 1 aliphatic carbocycles. The number of aromatic nitrogens is 2. The van der Waals surface area contributed by atoms with E-state index in [1.165, 1.54) is 42.9 Å². The van der Waals surface area contributed by atoms with Gasteiger partial charge in [-0.25, -0.2) is 9.66 Å². The minimum absolute atomic E-state index is 0.690. The third-order valence-electron chi connectivity index (χ3n) is 5.37. The second-order valence-corrected chi connectivity index (χ2v) is 6.84. The normalized spacial score (nSPS) is 24.5. The van der Waals surface area contributed by atoms with E-state index in [4.69, 9.17) is 4.98 Å². The smallest absolute Gasteiger partial charge is 0.131 e. The number of nitrogens with zero attached hydrogens (tertiary/aromatic N) is 4. The Bertz CT molecular complexity index is 495. The number of nitrogens with one attached hydrogen (secondary N) is 1. The van der Waals surface area contributed by atoms with Gasteiger partial charge in [0.15, 0.2) is 0 Å². The van der Waals surface area contributed by atoms with Crippen LogP contribution in [0.15, 0.2) is 0 Å². The number of piperazine rings is 1. The van der Waals surface area contributed by atoms with Gasteiger partial charge in [-0.1, -0.05) is 12.8 Å². The fraction of sp³-hybridized carbons (Fsp3) is 0.812. The highest BCUT2D eigenvalue weighted by Gasteiger charge is 2.30. The SMILES string of the molecule is CN1CCN(n2c(C3CCCC3)nc3c2CCNC3)CC1. The van der Waals surface area contributed by atoms with Gasteiger partial charge >= 0.3 is 0 Å². The largest absolute Gasteiger partial charge is 0.311 e. The van der Waals surface area contributed by atoms with E-state index < -0.39 is 0 Å². The Hall–Kier alpha value is -1.07. The number of hydrogen-bond donors (Lipinski definition) is 1. The van der Waals surface area contributed by atoms with Gasteiger partial charge in [-0.3, -0.25) is 0 Å². The summed E-state index contributed by atoms with van der Waals surface area (Å²) in [6.45, 7) is 6.63. The van der Waals surface area contributed by atoms with Crippen molar-refractivity contribution in [3.8, 4) is 0 Å². The Kier molecular flexibility index (Phi) is 3.63. The van der Waals surface area contributed by atoms with E-state index in [0.29, 0.717) is 5.92 Å². The fourth-order valence-electron chi connectivity index (χ4n) is 4.08. The Morgan fingerprint density at radius 1 is 1.10 bits per heavy atom. The molecule has 1 aromatic heterocycles. The first kappa shape index (κ1) is 13.6. The van der Waals surface area contributed by atoms with Crippen LogP contribution in [0.3, 0.4) is 0 Å². The Morgan fingerprint density at radius 2 is 1.86 bits per heavy atom. The van der Waals surface area contributed by atoms with Crippen LogP contribution in [0.4, 0.5) is 0 Å². The minimum Gasteiger partial charge on any atom is -0.311 e. The second kappa shape index (κ2) is 5.61. The second-order valence-electron chi connectivity index (χ2n) is 6.84. The topological polar surface area (TPSA) is 36.3 Å². The molecule has 2 fully saturated rings. The van der Waals surface area contributed by atoms with Crippen LogP contribution in [0.25, 0.3) is 0 Å². The first-order valence-corrected chi connectivity index (χ1v) is 8.58. The Balaban J connectivity index is 1.70. The van der Waals surface area contributed by atoms with Gasteiger partial charge in [0.2, 0.25) is 0 Å². The molecule has 0 spiro atoms. The van der Waals surface area contributed by atoms with E-state index in [2.05, 4.69) is 26.9 Å². The summed E-state index contributed by atoms with van der Waals surface area (Å²) in [5.41, 5.74) is 2.79. The molecule has 3 aliphatic rings. The molecule has 5 nitrogen and oxygen atoms in total. The van der Waals surface area contributed by atoms with E-state index in [9.17, 15) is 0 Å². The van der Waals surface area contributed by atoms with E-state index in [1.807, 2.05) is 0 Å². The zero-order valence-corrected chi connectivity index (χ0v) is 13.1. The monoisotopic (exact) mass is 289 g/mol. The molecule has 2 aliphatic heterocycles. The van der Waals surface area contributed by atoms with Gasteiger partial charge in [-0.2, -0.15) is 0 Å². The summed E-state index contributed by atoms with van der Waals surface area (Å²) in [5, 5.41) is 6.04. The number of hydrogen-bond acceptors (Lipinski definition) is 4. The third kappa shape index (κ3) is 2.46. The van der Waals surface area contributed by atoms with E-state index in [1.54, 1.807) is 0 Å². The molecule has 1 saturated carbocycles. The van der Waals surface area contributed by atoms with Crippen LogP contribution in [0, 0.1) is 0 Å². The lowest BCUT2D eigenvalue weighted by atomic mass is 10.1. The molecule has 0 amide bonds. The van der Waals surface area contributed by atoms with Crippen molar-refractivity contribution >= 4 is 0 Å². The van der Waals surface area contributed by atoms with Crippen molar-refractivity contribution in [3.05, 3.63) is 17.2 Å². The quantitative estimate of drug-likeness (QED) is 0.883. The van der Waals surface area contributed by atoms with Gasteiger partial charge in [-0.05, 0) is 19.9 Å². The van der Waals surface area contributed by atoms with Crippen LogP contribution in [-0.4, -0.2) is 54.3 Å². The van der Waals surface area contributed by atoms with Crippen molar-refractivity contribution in [2.45, 2.75) is 44.6 Å². The fourth-order valence-corrected chi connectivity index (χ4v) is 4.08. The number of fused-ring (bicyclic) bond motifs is 1. The zero-order valence-electron chi connectivity index (χ0n) is 13.1. The van der Waals surface area contributed by atoms with E-state index >= 15 is 0 Å². The lowest BCUT2D eigenvalue weighted by Crippen LogP contribution is -2.51. The molecule has 1 saturated heterocycles. The van der Waals surface area contributed by atoms with Gasteiger partial charge < -0.3 is 15.2 Å².